The van der Waals surface area contributed by atoms with Crippen LogP contribution in [-0.4, -0.2) is 92.6 Å². The fourth-order valence-electron chi connectivity index (χ4n) is 11.2. The van der Waals surface area contributed by atoms with Gasteiger partial charge in [0.15, 0.2) is 0 Å². The van der Waals surface area contributed by atoms with Crippen molar-refractivity contribution < 1.29 is 37.4 Å². The van der Waals surface area contributed by atoms with E-state index in [0.29, 0.717) is 62.7 Å². The Bertz CT molecular complexity index is 2740. The van der Waals surface area contributed by atoms with Crippen LogP contribution in [0.4, 0.5) is 18.4 Å². The molecule has 340 valence electrons. The first-order valence-corrected chi connectivity index (χ1v) is 22.6. The van der Waals surface area contributed by atoms with Gasteiger partial charge in [-0.3, -0.25) is 9.59 Å². The Balaban J connectivity index is 0.926. The zero-order valence-electron chi connectivity index (χ0n) is 37.3. The van der Waals surface area contributed by atoms with E-state index in [4.69, 9.17) is 19.4 Å². The summed E-state index contributed by atoms with van der Waals surface area (Å²) in [5.41, 5.74) is 4.16. The number of amides is 4. The van der Waals surface area contributed by atoms with Crippen molar-refractivity contribution in [3.63, 3.8) is 0 Å². The molecule has 2 aromatic heterocycles. The van der Waals surface area contributed by atoms with Crippen LogP contribution in [0.5, 0.6) is 0 Å². The molecule has 2 bridgehead atoms. The standard InChI is InChI=1S/C49H54F2N8O6/c1-24(2)39(56-46(62)64-5)44(60)58-23-48(16-17-48)21-37(58)42-52-22-36(55-42)27-11-14-31-32-9-7-8-30(38(32)49(50,51)33(31)19-27)26-12-15-34-35(20-26)54-43(53-34)41-28-10-13-29(18-28)59(41)45(61)40(25(3)4)57-47(63)65-6/h7-9,11-12,14-15,19-20,22,24-25,28-29,37,39-41H,10,13,16-18,21,23H2,1-6H3,(H,52,55)(H,53,54)(H,56,62)(H,57,63)/t28-,29+,37-,39-,40-,41-/m0/s1. The van der Waals surface area contributed by atoms with E-state index in [1.165, 1.54) is 20.3 Å². The molecule has 4 amide bonds. The third kappa shape index (κ3) is 7.10. The number of imidazole rings is 2. The molecule has 0 radical (unpaired) electrons. The van der Waals surface area contributed by atoms with Gasteiger partial charge in [0.1, 0.15) is 23.7 Å². The Hall–Kier alpha value is -6.32. The molecule has 10 rings (SSSR count). The number of hydrogen-bond donors (Lipinski definition) is 4. The fraction of sp³-hybridized carbons (Fsp3) is 0.469. The van der Waals surface area contributed by atoms with E-state index in [9.17, 15) is 19.2 Å². The van der Waals surface area contributed by atoms with Crippen LogP contribution >= 0.6 is 0 Å². The molecule has 2 aliphatic heterocycles. The number of rotatable bonds is 10. The minimum Gasteiger partial charge on any atom is -0.453 e. The first-order valence-electron chi connectivity index (χ1n) is 22.6. The summed E-state index contributed by atoms with van der Waals surface area (Å²) in [6.07, 6.45) is 5.68. The molecule has 2 saturated heterocycles. The average Bonchev–Trinajstić information content (AvgIpc) is 3.95. The van der Waals surface area contributed by atoms with Gasteiger partial charge in [0, 0.05) is 29.3 Å². The van der Waals surface area contributed by atoms with Crippen LogP contribution in [0.1, 0.15) is 101 Å². The van der Waals surface area contributed by atoms with Crippen molar-refractivity contribution in [3.8, 4) is 33.5 Å². The lowest BCUT2D eigenvalue weighted by atomic mass is 9.94. The lowest BCUT2D eigenvalue weighted by Gasteiger charge is -2.37. The highest BCUT2D eigenvalue weighted by molar-refractivity contribution is 5.91. The number of aromatic amines is 2. The normalized spacial score (nSPS) is 22.9. The number of fused-ring (bicyclic) bond motifs is 6. The van der Waals surface area contributed by atoms with Crippen LogP contribution in [0.3, 0.4) is 0 Å². The SMILES string of the molecule is COC(=O)N[C@H](C(=O)N1CC2(CC2)C[C@H]1c1ncc(-c2ccc3c(c2)C(F)(F)c2c(-c4ccc5nc([C@@H]6[C@H]7CC[C@H](C7)N6C(=O)[C@@H](NC(=O)OC)C(C)C)[nH]c5c4)cccc2-3)[nH]1)C(C)C. The molecule has 4 heterocycles. The Morgan fingerprint density at radius 1 is 0.815 bits per heavy atom. The van der Waals surface area contributed by atoms with Crippen molar-refractivity contribution in [2.24, 2.45) is 23.2 Å². The third-order valence-electron chi connectivity index (χ3n) is 14.7. The van der Waals surface area contributed by atoms with Crippen molar-refractivity contribution in [1.29, 1.82) is 0 Å². The number of aromatic nitrogens is 4. The van der Waals surface area contributed by atoms with Gasteiger partial charge in [-0.2, -0.15) is 8.78 Å². The molecule has 0 unspecified atom stereocenters. The van der Waals surface area contributed by atoms with Crippen LogP contribution in [0.25, 0.3) is 44.5 Å². The van der Waals surface area contributed by atoms with Gasteiger partial charge in [0.25, 0.3) is 5.92 Å². The Labute approximate surface area is 375 Å². The highest BCUT2D eigenvalue weighted by Gasteiger charge is 2.56. The minimum absolute atomic E-state index is 0.00359. The number of methoxy groups -OCH3 is 2. The number of benzene rings is 3. The van der Waals surface area contributed by atoms with E-state index in [1.54, 1.807) is 35.4 Å². The number of carbonyl (C=O) groups is 4. The number of ether oxygens (including phenoxy) is 2. The molecule has 3 aromatic carbocycles. The van der Waals surface area contributed by atoms with Crippen molar-refractivity contribution in [1.82, 2.24) is 40.4 Å². The first-order chi connectivity index (χ1) is 31.1. The fourth-order valence-corrected chi connectivity index (χ4v) is 11.2. The van der Waals surface area contributed by atoms with Crippen molar-refractivity contribution in [3.05, 3.63) is 83.6 Å². The van der Waals surface area contributed by atoms with Crippen LogP contribution in [0, 0.1) is 23.2 Å². The summed E-state index contributed by atoms with van der Waals surface area (Å²) in [6, 6.07) is 13.6. The monoisotopic (exact) mass is 888 g/mol. The summed E-state index contributed by atoms with van der Waals surface area (Å²) in [7, 11) is 2.54. The van der Waals surface area contributed by atoms with Gasteiger partial charge >= 0.3 is 12.2 Å². The summed E-state index contributed by atoms with van der Waals surface area (Å²) in [5.74, 6) is -2.68. The Morgan fingerprint density at radius 3 is 2.20 bits per heavy atom. The number of alkyl carbamates (subject to hydrolysis) is 2. The molecule has 5 aliphatic rings. The van der Waals surface area contributed by atoms with Crippen LogP contribution in [0.15, 0.2) is 60.8 Å². The van der Waals surface area contributed by atoms with Gasteiger partial charge in [-0.25, -0.2) is 19.6 Å². The molecule has 16 heteroatoms. The number of halogens is 2. The zero-order chi connectivity index (χ0) is 45.7. The van der Waals surface area contributed by atoms with E-state index in [-0.39, 0.29) is 64.2 Å². The molecule has 1 spiro atoms. The lowest BCUT2D eigenvalue weighted by Crippen LogP contribution is -2.54. The Morgan fingerprint density at radius 2 is 1.51 bits per heavy atom. The van der Waals surface area contributed by atoms with E-state index < -0.39 is 30.2 Å². The predicted octanol–water partition coefficient (Wildman–Crippen LogP) is 8.61. The summed E-state index contributed by atoms with van der Waals surface area (Å²) >= 11 is 0. The van der Waals surface area contributed by atoms with E-state index in [2.05, 4.69) is 20.6 Å². The summed E-state index contributed by atoms with van der Waals surface area (Å²) in [4.78, 5) is 72.7. The molecular formula is C49H54F2N8O6. The van der Waals surface area contributed by atoms with Crippen molar-refractivity contribution >= 4 is 35.0 Å². The topological polar surface area (TPSA) is 175 Å². The van der Waals surface area contributed by atoms with Gasteiger partial charge in [-0.05, 0) is 102 Å². The van der Waals surface area contributed by atoms with E-state index in [1.807, 2.05) is 56.9 Å². The van der Waals surface area contributed by atoms with Gasteiger partial charge in [-0.15, -0.1) is 0 Å². The summed E-state index contributed by atoms with van der Waals surface area (Å²) < 4.78 is 43.8. The number of likely N-dealkylation sites (tertiary alicyclic amines) is 2. The van der Waals surface area contributed by atoms with E-state index in [0.717, 1.165) is 38.5 Å². The number of nitrogens with zero attached hydrogens (tertiary/aromatic N) is 4. The number of carbonyl (C=O) groups excluding carboxylic acids is 4. The maximum absolute atomic E-state index is 17.1. The summed E-state index contributed by atoms with van der Waals surface area (Å²) in [5, 5.41) is 5.43. The first kappa shape index (κ1) is 42.6. The third-order valence-corrected chi connectivity index (χ3v) is 14.7. The molecule has 5 aromatic rings. The van der Waals surface area contributed by atoms with Gasteiger partial charge in [0.05, 0.1) is 49.2 Å². The summed E-state index contributed by atoms with van der Waals surface area (Å²) in [6.45, 7) is 8.07. The van der Waals surface area contributed by atoms with Crippen molar-refractivity contribution in [2.75, 3.05) is 20.8 Å². The second-order valence-electron chi connectivity index (χ2n) is 19.4. The highest BCUT2D eigenvalue weighted by atomic mass is 19.3. The molecule has 3 aliphatic carbocycles. The highest BCUT2D eigenvalue weighted by Crippen LogP contribution is 2.59. The second kappa shape index (κ2) is 15.7. The largest absolute Gasteiger partial charge is 0.453 e. The van der Waals surface area contributed by atoms with Crippen LogP contribution < -0.4 is 10.6 Å². The van der Waals surface area contributed by atoms with Crippen LogP contribution in [-0.2, 0) is 25.0 Å². The lowest BCUT2D eigenvalue weighted by molar-refractivity contribution is -0.139. The smallest absolute Gasteiger partial charge is 0.407 e. The quantitative estimate of drug-likeness (QED) is 0.108. The number of alkyl halides is 2. The average molecular weight is 889 g/mol. The molecular weight excluding hydrogens is 835 g/mol. The van der Waals surface area contributed by atoms with Gasteiger partial charge in [-0.1, -0.05) is 64.1 Å². The van der Waals surface area contributed by atoms with E-state index >= 15 is 8.78 Å². The molecule has 14 nitrogen and oxygen atoms in total. The zero-order valence-corrected chi connectivity index (χ0v) is 37.3. The molecule has 6 atom stereocenters. The number of H-pyrrole nitrogens is 2. The Kier molecular flexibility index (Phi) is 10.3. The van der Waals surface area contributed by atoms with Crippen LogP contribution in [0.2, 0.25) is 0 Å². The predicted molar refractivity (Wildman–Crippen MR) is 237 cm³/mol. The second-order valence-corrected chi connectivity index (χ2v) is 19.4. The molecule has 65 heavy (non-hydrogen) atoms. The molecule has 4 N–H and O–H groups in total. The van der Waals surface area contributed by atoms with Gasteiger partial charge < -0.3 is 39.9 Å². The van der Waals surface area contributed by atoms with Crippen molar-refractivity contribution in [2.45, 2.75) is 102 Å². The molecule has 2 saturated carbocycles. The number of hydrogen-bond acceptors (Lipinski definition) is 8. The number of nitrogens with one attached hydrogen (secondary N) is 4. The minimum atomic E-state index is -3.34. The molecule has 4 fully saturated rings. The van der Waals surface area contributed by atoms with Gasteiger partial charge in [0.2, 0.25) is 11.8 Å². The maximum Gasteiger partial charge on any atom is 0.407 e. The maximum atomic E-state index is 17.1. The number of piperidine rings is 1.